The third kappa shape index (κ3) is 18.5. The van der Waals surface area contributed by atoms with E-state index in [1.165, 1.54) is 180 Å². The molecule has 0 atom stereocenters. The first-order valence-corrected chi connectivity index (χ1v) is 16.9. The van der Waals surface area contributed by atoms with Crippen LogP contribution in [0, 0.1) is 0 Å². The second-order valence-electron chi connectivity index (χ2n) is 11.6. The first-order chi connectivity index (χ1) is 17.8. The summed E-state index contributed by atoms with van der Waals surface area (Å²) in [7, 11) is 0. The van der Waals surface area contributed by atoms with Crippen LogP contribution in [0.4, 0.5) is 0 Å². The highest BCUT2D eigenvalue weighted by Gasteiger charge is 2.15. The molecule has 1 aromatic heterocycles. The fourth-order valence-corrected chi connectivity index (χ4v) is 5.68. The highest BCUT2D eigenvalue weighted by molar-refractivity contribution is 4.84. The summed E-state index contributed by atoms with van der Waals surface area (Å²) in [6.07, 6.45) is 41.6. The smallest absolute Gasteiger partial charge is 0.234 e. The van der Waals surface area contributed by atoms with Crippen LogP contribution in [0.25, 0.3) is 0 Å². The summed E-state index contributed by atoms with van der Waals surface area (Å²) in [5.41, 5.74) is 0. The summed E-state index contributed by atoms with van der Waals surface area (Å²) in [5, 5.41) is 0. The standard InChI is InChI=1S/C34H67N2/c1-4-7-9-11-13-15-17-18-20-22-24-26-28-31-36-33-32-35(30-6-3)34(36)29-27-25-23-21-19-16-14-12-10-8-5-2/h32-33H,4-31H2,1-3H3/q+1. The lowest BCUT2D eigenvalue weighted by Crippen LogP contribution is -2.37. The molecule has 0 aliphatic carbocycles. The summed E-state index contributed by atoms with van der Waals surface area (Å²) in [6.45, 7) is 9.32. The number of hydrogen-bond acceptors (Lipinski definition) is 0. The van der Waals surface area contributed by atoms with E-state index >= 15 is 0 Å². The molecule has 1 aromatic rings. The number of hydrogen-bond donors (Lipinski definition) is 0. The Morgan fingerprint density at radius 2 is 0.861 bits per heavy atom. The summed E-state index contributed by atoms with van der Waals surface area (Å²) in [4.78, 5) is 0. The van der Waals surface area contributed by atoms with Gasteiger partial charge < -0.3 is 0 Å². The molecule has 0 fully saturated rings. The fourth-order valence-electron chi connectivity index (χ4n) is 5.68. The number of aryl methyl sites for hydroxylation is 2. The molecule has 212 valence electrons. The van der Waals surface area contributed by atoms with E-state index in [0.717, 1.165) is 0 Å². The van der Waals surface area contributed by atoms with Gasteiger partial charge in [-0.25, -0.2) is 9.13 Å². The lowest BCUT2D eigenvalue weighted by atomic mass is 10.0. The summed E-state index contributed by atoms with van der Waals surface area (Å²) in [6, 6.07) is 0. The SMILES string of the molecule is CCCCCCCCCCCCCCC[n+]1ccn(CCC)c1CCCCCCCCCCCCC. The maximum atomic E-state index is 2.59. The molecule has 0 unspecified atom stereocenters. The molecule has 0 radical (unpaired) electrons. The van der Waals surface area contributed by atoms with Gasteiger partial charge in [0, 0.05) is 6.42 Å². The van der Waals surface area contributed by atoms with Gasteiger partial charge in [0.05, 0.1) is 13.1 Å². The second kappa shape index (κ2) is 25.8. The number of aromatic nitrogens is 2. The van der Waals surface area contributed by atoms with E-state index < -0.39 is 0 Å². The molecule has 2 nitrogen and oxygen atoms in total. The van der Waals surface area contributed by atoms with Crippen LogP contribution in [0.1, 0.15) is 187 Å². The van der Waals surface area contributed by atoms with Crippen molar-refractivity contribution in [1.29, 1.82) is 0 Å². The Morgan fingerprint density at radius 1 is 0.472 bits per heavy atom. The fraction of sp³-hybridized carbons (Fsp3) is 0.912. The lowest BCUT2D eigenvalue weighted by molar-refractivity contribution is -0.704. The van der Waals surface area contributed by atoms with Gasteiger partial charge in [0.1, 0.15) is 12.4 Å². The third-order valence-electron chi connectivity index (χ3n) is 8.06. The van der Waals surface area contributed by atoms with Gasteiger partial charge in [-0.1, -0.05) is 156 Å². The van der Waals surface area contributed by atoms with Crippen molar-refractivity contribution in [3.63, 3.8) is 0 Å². The maximum absolute atomic E-state index is 2.59. The van der Waals surface area contributed by atoms with Crippen molar-refractivity contribution in [3.8, 4) is 0 Å². The molecule has 0 bridgehead atoms. The van der Waals surface area contributed by atoms with Gasteiger partial charge >= 0.3 is 0 Å². The maximum Gasteiger partial charge on any atom is 0.256 e. The van der Waals surface area contributed by atoms with Crippen LogP contribution in [0.3, 0.4) is 0 Å². The minimum absolute atomic E-state index is 1.18. The Bertz CT molecular complexity index is 562. The lowest BCUT2D eigenvalue weighted by Gasteiger charge is -2.06. The Labute approximate surface area is 228 Å². The Morgan fingerprint density at radius 3 is 1.28 bits per heavy atom. The van der Waals surface area contributed by atoms with E-state index in [4.69, 9.17) is 0 Å². The van der Waals surface area contributed by atoms with Crippen LogP contribution in [0.2, 0.25) is 0 Å². The predicted octanol–water partition coefficient (Wildman–Crippen LogP) is 11.1. The zero-order valence-electron chi connectivity index (χ0n) is 25.3. The predicted molar refractivity (Wildman–Crippen MR) is 161 cm³/mol. The minimum atomic E-state index is 1.18. The first kappa shape index (κ1) is 33.2. The monoisotopic (exact) mass is 504 g/mol. The number of nitrogens with zero attached hydrogens (tertiary/aromatic N) is 2. The van der Waals surface area contributed by atoms with Gasteiger partial charge in [0.25, 0.3) is 5.82 Å². The molecule has 0 N–H and O–H groups in total. The highest BCUT2D eigenvalue weighted by Crippen LogP contribution is 2.14. The first-order valence-electron chi connectivity index (χ1n) is 16.9. The van der Waals surface area contributed by atoms with Crippen LogP contribution in [0.15, 0.2) is 12.4 Å². The van der Waals surface area contributed by atoms with Gasteiger partial charge in [-0.15, -0.1) is 0 Å². The molecular formula is C34H67N2+. The quantitative estimate of drug-likeness (QED) is 0.0794. The molecular weight excluding hydrogens is 436 g/mol. The van der Waals surface area contributed by atoms with Gasteiger partial charge in [0.2, 0.25) is 0 Å². The molecule has 1 rings (SSSR count). The Balaban J connectivity index is 2.09. The van der Waals surface area contributed by atoms with E-state index in [1.807, 2.05) is 0 Å². The van der Waals surface area contributed by atoms with Gasteiger partial charge in [-0.3, -0.25) is 0 Å². The zero-order valence-corrected chi connectivity index (χ0v) is 25.3. The van der Waals surface area contributed by atoms with Crippen molar-refractivity contribution < 1.29 is 4.57 Å². The minimum Gasteiger partial charge on any atom is -0.234 e. The molecule has 0 aromatic carbocycles. The Kier molecular flexibility index (Phi) is 23.9. The van der Waals surface area contributed by atoms with Gasteiger partial charge in [0.15, 0.2) is 0 Å². The molecule has 2 heteroatoms. The second-order valence-corrected chi connectivity index (χ2v) is 11.6. The normalized spacial score (nSPS) is 11.5. The van der Waals surface area contributed by atoms with E-state index in [0.29, 0.717) is 0 Å². The van der Waals surface area contributed by atoms with Crippen molar-refractivity contribution in [3.05, 3.63) is 18.2 Å². The summed E-state index contributed by atoms with van der Waals surface area (Å²) in [5.74, 6) is 1.59. The van der Waals surface area contributed by atoms with Crippen molar-refractivity contribution in [2.45, 2.75) is 201 Å². The van der Waals surface area contributed by atoms with Crippen molar-refractivity contribution in [1.82, 2.24) is 4.57 Å². The summed E-state index contributed by atoms with van der Waals surface area (Å²) < 4.78 is 5.13. The van der Waals surface area contributed by atoms with Crippen molar-refractivity contribution in [2.75, 3.05) is 0 Å². The summed E-state index contributed by atoms with van der Waals surface area (Å²) >= 11 is 0. The van der Waals surface area contributed by atoms with Crippen LogP contribution in [-0.2, 0) is 19.5 Å². The number of unbranched alkanes of at least 4 members (excludes halogenated alkanes) is 22. The molecule has 0 saturated heterocycles. The highest BCUT2D eigenvalue weighted by atomic mass is 15.1. The zero-order chi connectivity index (χ0) is 25.9. The molecule has 0 aliphatic rings. The van der Waals surface area contributed by atoms with E-state index in [1.54, 1.807) is 5.82 Å². The largest absolute Gasteiger partial charge is 0.256 e. The molecule has 0 saturated carbocycles. The van der Waals surface area contributed by atoms with E-state index in [-0.39, 0.29) is 0 Å². The van der Waals surface area contributed by atoms with Gasteiger partial charge in [-0.05, 0) is 25.7 Å². The average molecular weight is 504 g/mol. The molecule has 0 aliphatic heterocycles. The van der Waals surface area contributed by atoms with Crippen molar-refractivity contribution >= 4 is 0 Å². The molecule has 0 spiro atoms. The average Bonchev–Trinajstić information content (AvgIpc) is 3.26. The van der Waals surface area contributed by atoms with Crippen LogP contribution < -0.4 is 4.57 Å². The number of imidazole rings is 1. The molecule has 36 heavy (non-hydrogen) atoms. The molecule has 0 amide bonds. The Hall–Kier alpha value is -0.790. The van der Waals surface area contributed by atoms with Gasteiger partial charge in [-0.2, -0.15) is 0 Å². The van der Waals surface area contributed by atoms with Crippen molar-refractivity contribution in [2.24, 2.45) is 0 Å². The van der Waals surface area contributed by atoms with Crippen LogP contribution in [0.5, 0.6) is 0 Å². The molecule has 1 heterocycles. The topological polar surface area (TPSA) is 8.81 Å². The number of rotatable bonds is 28. The van der Waals surface area contributed by atoms with E-state index in [2.05, 4.69) is 42.3 Å². The van der Waals surface area contributed by atoms with E-state index in [9.17, 15) is 0 Å². The third-order valence-corrected chi connectivity index (χ3v) is 8.06. The van der Waals surface area contributed by atoms with Crippen LogP contribution in [-0.4, -0.2) is 4.57 Å². The van der Waals surface area contributed by atoms with Crippen LogP contribution >= 0.6 is 0 Å².